The molecule has 1 aromatic carbocycles. The van der Waals surface area contributed by atoms with Gasteiger partial charge in [0, 0.05) is 29.7 Å². The van der Waals surface area contributed by atoms with Crippen LogP contribution >= 0.6 is 11.6 Å². The first-order valence-corrected chi connectivity index (χ1v) is 7.18. The van der Waals surface area contributed by atoms with Crippen LogP contribution in [-0.2, 0) is 6.54 Å². The van der Waals surface area contributed by atoms with Crippen molar-refractivity contribution in [1.82, 2.24) is 9.88 Å². The fourth-order valence-electron chi connectivity index (χ4n) is 2.57. The lowest BCUT2D eigenvalue weighted by Crippen LogP contribution is -2.28. The monoisotopic (exact) mass is 291 g/mol. The fraction of sp³-hybridized carbons (Fsp3) is 0.400. The van der Waals surface area contributed by atoms with Crippen molar-refractivity contribution in [2.45, 2.75) is 19.5 Å². The number of benzene rings is 1. The molecule has 0 spiro atoms. The minimum absolute atomic E-state index is 0.248. The maximum absolute atomic E-state index is 6.03. The largest absolute Gasteiger partial charge is 0.439 e. The second kappa shape index (κ2) is 5.56. The molecule has 0 aliphatic carbocycles. The van der Waals surface area contributed by atoms with Crippen LogP contribution in [0.1, 0.15) is 12.8 Å². The van der Waals surface area contributed by atoms with Crippen LogP contribution in [0.15, 0.2) is 34.9 Å². The summed E-state index contributed by atoms with van der Waals surface area (Å²) in [6, 6.07) is 7.83. The van der Waals surface area contributed by atoms with Gasteiger partial charge in [-0.05, 0) is 18.1 Å². The summed E-state index contributed by atoms with van der Waals surface area (Å²) in [7, 11) is 0. The van der Waals surface area contributed by atoms with Gasteiger partial charge in [0.25, 0.3) is 0 Å². The van der Waals surface area contributed by atoms with E-state index >= 15 is 0 Å². The molecule has 0 radical (unpaired) electrons. The maximum Gasteiger partial charge on any atom is 0.209 e. The molecule has 0 saturated carbocycles. The molecule has 2 atom stereocenters. The first kappa shape index (κ1) is 13.6. The molecule has 20 heavy (non-hydrogen) atoms. The van der Waals surface area contributed by atoms with Crippen molar-refractivity contribution in [3.05, 3.63) is 41.4 Å². The number of oxazole rings is 1. The number of nitrogens with two attached hydrogens (primary N) is 1. The van der Waals surface area contributed by atoms with Gasteiger partial charge in [0.2, 0.25) is 5.89 Å². The molecular formula is C15H18ClN3O. The standard InChI is InChI=1S/C15H18ClN3O/c1-10-7-19(8-13(10)17)9-15-18-6-14(20-15)11-3-2-4-12(16)5-11/h2-6,10,13H,7-9,17H2,1H3. The summed E-state index contributed by atoms with van der Waals surface area (Å²) in [5.41, 5.74) is 6.97. The molecule has 1 aliphatic rings. The SMILES string of the molecule is CC1CN(Cc2ncc(-c3cccc(Cl)c3)o2)CC1N. The van der Waals surface area contributed by atoms with Crippen molar-refractivity contribution in [1.29, 1.82) is 0 Å². The highest BCUT2D eigenvalue weighted by Gasteiger charge is 2.27. The molecule has 0 amide bonds. The molecular weight excluding hydrogens is 274 g/mol. The number of hydrogen-bond donors (Lipinski definition) is 1. The average molecular weight is 292 g/mol. The van der Waals surface area contributed by atoms with E-state index in [9.17, 15) is 0 Å². The third kappa shape index (κ3) is 2.87. The number of likely N-dealkylation sites (tertiary alicyclic amines) is 1. The predicted octanol–water partition coefficient (Wildman–Crippen LogP) is 2.77. The molecule has 2 aromatic rings. The minimum Gasteiger partial charge on any atom is -0.439 e. The summed E-state index contributed by atoms with van der Waals surface area (Å²) >= 11 is 5.99. The van der Waals surface area contributed by atoms with Crippen molar-refractivity contribution < 1.29 is 4.42 Å². The highest BCUT2D eigenvalue weighted by Crippen LogP contribution is 2.24. The maximum atomic E-state index is 6.03. The molecule has 1 fully saturated rings. The quantitative estimate of drug-likeness (QED) is 0.945. The zero-order chi connectivity index (χ0) is 14.1. The van der Waals surface area contributed by atoms with E-state index in [0.29, 0.717) is 17.5 Å². The Morgan fingerprint density at radius 3 is 3.00 bits per heavy atom. The summed E-state index contributed by atoms with van der Waals surface area (Å²) in [4.78, 5) is 6.62. The van der Waals surface area contributed by atoms with Gasteiger partial charge in [0.15, 0.2) is 5.76 Å². The molecule has 1 aromatic heterocycles. The van der Waals surface area contributed by atoms with E-state index in [4.69, 9.17) is 21.8 Å². The normalized spacial score (nSPS) is 23.4. The van der Waals surface area contributed by atoms with E-state index in [1.54, 1.807) is 6.20 Å². The number of hydrogen-bond acceptors (Lipinski definition) is 4. The van der Waals surface area contributed by atoms with Crippen molar-refractivity contribution in [2.24, 2.45) is 11.7 Å². The number of aromatic nitrogens is 1. The fourth-order valence-corrected chi connectivity index (χ4v) is 2.76. The Hall–Kier alpha value is -1.36. The highest BCUT2D eigenvalue weighted by atomic mass is 35.5. The Labute approximate surface area is 123 Å². The van der Waals surface area contributed by atoms with Gasteiger partial charge in [-0.3, -0.25) is 4.90 Å². The number of rotatable bonds is 3. The van der Waals surface area contributed by atoms with E-state index in [2.05, 4.69) is 16.8 Å². The van der Waals surface area contributed by atoms with Gasteiger partial charge in [0.05, 0.1) is 12.7 Å². The zero-order valence-corrected chi connectivity index (χ0v) is 12.2. The predicted molar refractivity (Wildman–Crippen MR) is 79.4 cm³/mol. The van der Waals surface area contributed by atoms with Crippen molar-refractivity contribution in [3.8, 4) is 11.3 Å². The van der Waals surface area contributed by atoms with E-state index < -0.39 is 0 Å². The molecule has 2 N–H and O–H groups in total. The first-order chi connectivity index (χ1) is 9.61. The van der Waals surface area contributed by atoms with Gasteiger partial charge in [0.1, 0.15) is 0 Å². The van der Waals surface area contributed by atoms with Gasteiger partial charge >= 0.3 is 0 Å². The third-order valence-electron chi connectivity index (χ3n) is 3.77. The summed E-state index contributed by atoms with van der Waals surface area (Å²) in [6.45, 7) is 4.78. The first-order valence-electron chi connectivity index (χ1n) is 6.80. The Morgan fingerprint density at radius 2 is 2.30 bits per heavy atom. The van der Waals surface area contributed by atoms with Gasteiger partial charge < -0.3 is 10.2 Å². The van der Waals surface area contributed by atoms with Crippen molar-refractivity contribution in [3.63, 3.8) is 0 Å². The van der Waals surface area contributed by atoms with Crippen molar-refractivity contribution in [2.75, 3.05) is 13.1 Å². The smallest absolute Gasteiger partial charge is 0.209 e. The summed E-state index contributed by atoms with van der Waals surface area (Å²) < 4.78 is 5.80. The lowest BCUT2D eigenvalue weighted by Gasteiger charge is -2.11. The van der Waals surface area contributed by atoms with E-state index in [1.165, 1.54) is 0 Å². The van der Waals surface area contributed by atoms with Gasteiger partial charge in [-0.25, -0.2) is 4.98 Å². The van der Waals surface area contributed by atoms with Crippen LogP contribution in [0.2, 0.25) is 5.02 Å². The van der Waals surface area contributed by atoms with Crippen LogP contribution in [0.4, 0.5) is 0 Å². The number of halogens is 1. The Bertz CT molecular complexity index is 588. The lowest BCUT2D eigenvalue weighted by atomic mass is 10.1. The summed E-state index contributed by atoms with van der Waals surface area (Å²) in [6.07, 6.45) is 1.75. The number of nitrogens with zero attached hydrogens (tertiary/aromatic N) is 2. The molecule has 1 saturated heterocycles. The van der Waals surface area contributed by atoms with Crippen LogP contribution in [0.25, 0.3) is 11.3 Å². The molecule has 1 aliphatic heterocycles. The van der Waals surface area contributed by atoms with E-state index in [-0.39, 0.29) is 6.04 Å². The topological polar surface area (TPSA) is 55.3 Å². The molecule has 5 heteroatoms. The van der Waals surface area contributed by atoms with Gasteiger partial charge in [-0.1, -0.05) is 30.7 Å². The van der Waals surface area contributed by atoms with Gasteiger partial charge in [-0.2, -0.15) is 0 Å². The molecule has 2 unspecified atom stereocenters. The van der Waals surface area contributed by atoms with Crippen LogP contribution in [0.5, 0.6) is 0 Å². The summed E-state index contributed by atoms with van der Waals surface area (Å²) in [5.74, 6) is 2.00. The Morgan fingerprint density at radius 1 is 1.45 bits per heavy atom. The van der Waals surface area contributed by atoms with Gasteiger partial charge in [-0.15, -0.1) is 0 Å². The van der Waals surface area contributed by atoms with Crippen LogP contribution in [0.3, 0.4) is 0 Å². The molecule has 4 nitrogen and oxygen atoms in total. The highest BCUT2D eigenvalue weighted by molar-refractivity contribution is 6.30. The second-order valence-electron chi connectivity index (χ2n) is 5.46. The molecule has 3 rings (SSSR count). The Balaban J connectivity index is 1.71. The van der Waals surface area contributed by atoms with Crippen molar-refractivity contribution >= 4 is 11.6 Å². The zero-order valence-electron chi connectivity index (χ0n) is 11.4. The minimum atomic E-state index is 0.248. The van der Waals surface area contributed by atoms with E-state index in [1.807, 2.05) is 24.3 Å². The lowest BCUT2D eigenvalue weighted by molar-refractivity contribution is 0.283. The van der Waals surface area contributed by atoms with Crippen LogP contribution in [0, 0.1) is 5.92 Å². The van der Waals surface area contributed by atoms with Crippen LogP contribution < -0.4 is 5.73 Å². The summed E-state index contributed by atoms with van der Waals surface area (Å²) in [5, 5.41) is 0.694. The Kier molecular flexibility index (Phi) is 3.78. The van der Waals surface area contributed by atoms with Crippen LogP contribution in [-0.4, -0.2) is 29.0 Å². The third-order valence-corrected chi connectivity index (χ3v) is 4.00. The van der Waals surface area contributed by atoms with E-state index in [0.717, 1.165) is 30.3 Å². The average Bonchev–Trinajstić information content (AvgIpc) is 2.98. The molecule has 2 heterocycles. The molecule has 106 valence electrons. The molecule has 0 bridgehead atoms. The second-order valence-corrected chi connectivity index (χ2v) is 5.90.